The summed E-state index contributed by atoms with van der Waals surface area (Å²) in [6, 6.07) is 20.7. The Bertz CT molecular complexity index is 1320. The third kappa shape index (κ3) is 8.29. The average Bonchev–Trinajstić information content (AvgIpc) is 2.89. The molecule has 202 valence electrons. The number of sulfonamides is 1. The van der Waals surface area contributed by atoms with Gasteiger partial charge in [0.15, 0.2) is 0 Å². The predicted molar refractivity (Wildman–Crippen MR) is 148 cm³/mol. The second-order valence-corrected chi connectivity index (χ2v) is 11.2. The fourth-order valence-electron chi connectivity index (χ4n) is 4.12. The number of nitrogens with zero attached hydrogens (tertiary/aromatic N) is 2. The number of rotatable bonds is 12. The standard InChI is InChI=1S/C28H31ClFN3O4S/c1-31-28(35)26(19-21-7-4-3-5-8-21)32(20-22-10-14-24(30)15-11-22)27(34)9-6-18-33(38(2,36)37)25-16-12-23(29)13-17-25/h3-5,7-8,10-17,26H,6,9,18-20H2,1-2H3,(H,31,35)/t26-/m0/s1. The van der Waals surface area contributed by atoms with Gasteiger partial charge in [0.2, 0.25) is 21.8 Å². The molecule has 0 unspecified atom stereocenters. The molecule has 2 amide bonds. The molecular weight excluding hydrogens is 529 g/mol. The molecule has 7 nitrogen and oxygen atoms in total. The van der Waals surface area contributed by atoms with Crippen molar-refractivity contribution >= 4 is 39.1 Å². The lowest BCUT2D eigenvalue weighted by molar-refractivity contribution is -0.141. The zero-order valence-electron chi connectivity index (χ0n) is 21.3. The van der Waals surface area contributed by atoms with Crippen molar-refractivity contribution in [1.29, 1.82) is 0 Å². The summed E-state index contributed by atoms with van der Waals surface area (Å²) >= 11 is 5.94. The molecule has 3 aromatic rings. The molecule has 0 bridgehead atoms. The smallest absolute Gasteiger partial charge is 0.242 e. The van der Waals surface area contributed by atoms with Crippen molar-refractivity contribution in [3.05, 3.63) is 101 Å². The fourth-order valence-corrected chi connectivity index (χ4v) is 5.21. The lowest BCUT2D eigenvalue weighted by Crippen LogP contribution is -2.49. The van der Waals surface area contributed by atoms with Crippen molar-refractivity contribution in [2.45, 2.75) is 31.8 Å². The van der Waals surface area contributed by atoms with E-state index in [0.717, 1.165) is 11.8 Å². The van der Waals surface area contributed by atoms with Gasteiger partial charge < -0.3 is 10.2 Å². The van der Waals surface area contributed by atoms with E-state index in [4.69, 9.17) is 11.6 Å². The molecule has 1 N–H and O–H groups in total. The fraction of sp³-hybridized carbons (Fsp3) is 0.286. The van der Waals surface area contributed by atoms with Crippen LogP contribution < -0.4 is 9.62 Å². The lowest BCUT2D eigenvalue weighted by Gasteiger charge is -2.31. The molecule has 0 spiro atoms. The molecule has 3 aromatic carbocycles. The van der Waals surface area contributed by atoms with Crippen molar-refractivity contribution in [3.8, 4) is 0 Å². The highest BCUT2D eigenvalue weighted by atomic mass is 35.5. The van der Waals surface area contributed by atoms with E-state index in [9.17, 15) is 22.4 Å². The molecule has 1 atom stereocenters. The van der Waals surface area contributed by atoms with E-state index in [1.807, 2.05) is 30.3 Å². The first kappa shape index (κ1) is 29.1. The Morgan fingerprint density at radius 2 is 1.58 bits per heavy atom. The molecule has 0 fully saturated rings. The maximum atomic E-state index is 13.6. The van der Waals surface area contributed by atoms with E-state index >= 15 is 0 Å². The van der Waals surface area contributed by atoms with E-state index < -0.39 is 21.9 Å². The van der Waals surface area contributed by atoms with Gasteiger partial charge in [-0.15, -0.1) is 0 Å². The van der Waals surface area contributed by atoms with E-state index in [0.29, 0.717) is 16.3 Å². The van der Waals surface area contributed by atoms with Gasteiger partial charge >= 0.3 is 0 Å². The van der Waals surface area contributed by atoms with Crippen LogP contribution in [0.4, 0.5) is 10.1 Å². The summed E-state index contributed by atoms with van der Waals surface area (Å²) in [4.78, 5) is 28.0. The first-order valence-electron chi connectivity index (χ1n) is 12.1. The Balaban J connectivity index is 1.83. The van der Waals surface area contributed by atoms with Crippen LogP contribution in [0.3, 0.4) is 0 Å². The summed E-state index contributed by atoms with van der Waals surface area (Å²) in [5.41, 5.74) is 1.99. The number of carbonyl (C=O) groups is 2. The number of hydrogen-bond donors (Lipinski definition) is 1. The number of anilines is 1. The van der Waals surface area contributed by atoms with Crippen LogP contribution in [0.25, 0.3) is 0 Å². The van der Waals surface area contributed by atoms with E-state index in [2.05, 4.69) is 5.32 Å². The minimum Gasteiger partial charge on any atom is -0.357 e. The molecule has 38 heavy (non-hydrogen) atoms. The topological polar surface area (TPSA) is 86.8 Å². The van der Waals surface area contributed by atoms with Crippen molar-refractivity contribution < 1.29 is 22.4 Å². The largest absolute Gasteiger partial charge is 0.357 e. The maximum Gasteiger partial charge on any atom is 0.242 e. The molecule has 0 aromatic heterocycles. The Labute approximate surface area is 228 Å². The van der Waals surface area contributed by atoms with E-state index in [-0.39, 0.29) is 44.2 Å². The van der Waals surface area contributed by atoms with E-state index in [1.165, 1.54) is 28.4 Å². The average molecular weight is 560 g/mol. The van der Waals surface area contributed by atoms with Crippen molar-refractivity contribution in [1.82, 2.24) is 10.2 Å². The van der Waals surface area contributed by atoms with Crippen LogP contribution >= 0.6 is 11.6 Å². The molecule has 0 radical (unpaired) electrons. The minimum atomic E-state index is -3.61. The van der Waals surface area contributed by atoms with Gasteiger partial charge in [0.1, 0.15) is 11.9 Å². The SMILES string of the molecule is CNC(=O)[C@H](Cc1ccccc1)N(Cc1ccc(F)cc1)C(=O)CCCN(c1ccc(Cl)cc1)S(C)(=O)=O. The monoisotopic (exact) mass is 559 g/mol. The molecule has 0 saturated carbocycles. The van der Waals surface area contributed by atoms with Gasteiger partial charge in [0, 0.05) is 38.0 Å². The van der Waals surface area contributed by atoms with Crippen molar-refractivity contribution in [2.24, 2.45) is 0 Å². The van der Waals surface area contributed by atoms with Gasteiger partial charge in [0.05, 0.1) is 11.9 Å². The normalized spacial score (nSPS) is 12.0. The summed E-state index contributed by atoms with van der Waals surface area (Å²) in [5, 5.41) is 3.12. The number of hydrogen-bond acceptors (Lipinski definition) is 4. The van der Waals surface area contributed by atoms with Crippen LogP contribution in [-0.2, 0) is 32.6 Å². The summed E-state index contributed by atoms with van der Waals surface area (Å²) in [5.74, 6) is -1.05. The van der Waals surface area contributed by atoms with Gasteiger partial charge in [0.25, 0.3) is 0 Å². The first-order chi connectivity index (χ1) is 18.1. The second kappa shape index (κ2) is 13.4. The molecule has 0 aliphatic heterocycles. The molecule has 0 aliphatic rings. The third-order valence-corrected chi connectivity index (χ3v) is 7.50. The van der Waals surface area contributed by atoms with Gasteiger partial charge in [-0.2, -0.15) is 0 Å². The van der Waals surface area contributed by atoms with Crippen LogP contribution in [0.15, 0.2) is 78.9 Å². The van der Waals surface area contributed by atoms with Gasteiger partial charge in [-0.25, -0.2) is 12.8 Å². The lowest BCUT2D eigenvalue weighted by atomic mass is 10.0. The van der Waals surface area contributed by atoms with Crippen molar-refractivity contribution in [3.63, 3.8) is 0 Å². The van der Waals surface area contributed by atoms with Crippen LogP contribution in [0.5, 0.6) is 0 Å². The second-order valence-electron chi connectivity index (χ2n) is 8.88. The summed E-state index contributed by atoms with van der Waals surface area (Å²) < 4.78 is 39.6. The zero-order chi connectivity index (χ0) is 27.7. The highest BCUT2D eigenvalue weighted by molar-refractivity contribution is 7.92. The molecule has 10 heteroatoms. The molecule has 0 saturated heterocycles. The minimum absolute atomic E-state index is 0.00306. The summed E-state index contributed by atoms with van der Waals surface area (Å²) in [6.45, 7) is 0.164. The number of likely N-dealkylation sites (N-methyl/N-ethyl adjacent to an activating group) is 1. The quantitative estimate of drug-likeness (QED) is 0.356. The molecular formula is C28H31ClFN3O4S. The van der Waals surface area contributed by atoms with Gasteiger partial charge in [-0.05, 0) is 53.9 Å². The third-order valence-electron chi connectivity index (χ3n) is 6.05. The number of halogens is 2. The van der Waals surface area contributed by atoms with Crippen LogP contribution in [0.2, 0.25) is 5.02 Å². The number of amides is 2. The Morgan fingerprint density at radius 3 is 2.16 bits per heavy atom. The first-order valence-corrected chi connectivity index (χ1v) is 14.3. The van der Waals surface area contributed by atoms with Crippen LogP contribution in [0, 0.1) is 5.82 Å². The highest BCUT2D eigenvalue weighted by Gasteiger charge is 2.30. The van der Waals surface area contributed by atoms with Gasteiger partial charge in [-0.3, -0.25) is 13.9 Å². The Kier molecular flexibility index (Phi) is 10.3. The molecule has 0 aliphatic carbocycles. The maximum absolute atomic E-state index is 13.6. The Hall–Kier alpha value is -3.43. The summed E-state index contributed by atoms with van der Waals surface area (Å²) in [6.07, 6.45) is 1.61. The number of carbonyl (C=O) groups excluding carboxylic acids is 2. The Morgan fingerprint density at radius 1 is 0.947 bits per heavy atom. The van der Waals surface area contributed by atoms with Gasteiger partial charge in [-0.1, -0.05) is 54.1 Å². The number of benzene rings is 3. The van der Waals surface area contributed by atoms with Crippen molar-refractivity contribution in [2.75, 3.05) is 24.2 Å². The van der Waals surface area contributed by atoms with Crippen LogP contribution in [-0.4, -0.2) is 51.0 Å². The van der Waals surface area contributed by atoms with E-state index in [1.54, 1.807) is 36.4 Å². The van der Waals surface area contributed by atoms with Crippen LogP contribution in [0.1, 0.15) is 24.0 Å². The summed E-state index contributed by atoms with van der Waals surface area (Å²) in [7, 11) is -2.10. The predicted octanol–water partition coefficient (Wildman–Crippen LogP) is 4.41. The molecule has 3 rings (SSSR count). The highest BCUT2D eigenvalue weighted by Crippen LogP contribution is 2.22. The molecule has 0 heterocycles. The zero-order valence-corrected chi connectivity index (χ0v) is 22.9. The number of nitrogens with one attached hydrogen (secondary N) is 1.